The van der Waals surface area contributed by atoms with Crippen LogP contribution in [0.2, 0.25) is 0 Å². The van der Waals surface area contributed by atoms with Gasteiger partial charge >= 0.3 is 5.97 Å². The Balaban J connectivity index is 1.54. The number of esters is 1. The summed E-state index contributed by atoms with van der Waals surface area (Å²) >= 11 is 3.18. The van der Waals surface area contributed by atoms with E-state index >= 15 is 0 Å². The first-order valence-electron chi connectivity index (χ1n) is 7.20. The average Bonchev–Trinajstić information content (AvgIpc) is 3.29. The molecule has 0 aliphatic heterocycles. The van der Waals surface area contributed by atoms with Crippen LogP contribution in [-0.4, -0.2) is 18.1 Å². The molecule has 0 saturated carbocycles. The Morgan fingerprint density at radius 3 is 3.00 bits per heavy atom. The number of nitrogens with zero attached hydrogens (tertiary/aromatic N) is 1. The van der Waals surface area contributed by atoms with Gasteiger partial charge in [-0.25, -0.2) is 9.78 Å². The molecule has 0 bridgehead atoms. The van der Waals surface area contributed by atoms with Crippen LogP contribution < -0.4 is 4.74 Å². The van der Waals surface area contributed by atoms with Crippen LogP contribution in [-0.2, 0) is 16.1 Å². The third-order valence-corrected chi connectivity index (χ3v) is 4.81. The van der Waals surface area contributed by atoms with Gasteiger partial charge in [0.15, 0.2) is 0 Å². The smallest absolute Gasteiger partial charge is 0.331 e. The summed E-state index contributed by atoms with van der Waals surface area (Å²) in [6, 6.07) is 9.47. The maximum atomic E-state index is 11.8. The molecule has 6 heteroatoms. The van der Waals surface area contributed by atoms with E-state index < -0.39 is 5.97 Å². The molecule has 0 aliphatic rings. The molecule has 0 saturated heterocycles. The predicted molar refractivity (Wildman–Crippen MR) is 97.3 cm³/mol. The number of thiophene rings is 1. The fourth-order valence-electron chi connectivity index (χ4n) is 1.99. The molecule has 3 aromatic rings. The third kappa shape index (κ3) is 4.31. The summed E-state index contributed by atoms with van der Waals surface area (Å²) in [5.74, 6) is 0.344. The molecular weight excluding hydrogens is 342 g/mol. The summed E-state index contributed by atoms with van der Waals surface area (Å²) in [5.41, 5.74) is 2.73. The minimum Gasteiger partial charge on any atom is -0.497 e. The average molecular weight is 357 g/mol. The molecule has 0 atom stereocenters. The number of thiazole rings is 1. The van der Waals surface area contributed by atoms with Crippen LogP contribution in [0.1, 0.15) is 11.3 Å². The van der Waals surface area contributed by atoms with E-state index in [1.54, 1.807) is 35.9 Å². The lowest BCUT2D eigenvalue weighted by atomic mass is 10.2. The highest BCUT2D eigenvalue weighted by atomic mass is 32.1. The molecule has 24 heavy (non-hydrogen) atoms. The highest BCUT2D eigenvalue weighted by Crippen LogP contribution is 2.25. The lowest BCUT2D eigenvalue weighted by molar-refractivity contribution is -0.139. The largest absolute Gasteiger partial charge is 0.497 e. The molecule has 0 spiro atoms. The standard InChI is InChI=1S/C18H15NO3S2/c1-21-16-4-2-3-13(9-16)5-6-17(20)22-10-15-12-24-18(19-15)14-7-8-23-11-14/h2-9,11-12H,10H2,1H3/b6-5+. The summed E-state index contributed by atoms with van der Waals surface area (Å²) < 4.78 is 10.4. The van der Waals surface area contributed by atoms with E-state index in [2.05, 4.69) is 4.98 Å². The number of ether oxygens (including phenoxy) is 2. The highest BCUT2D eigenvalue weighted by Gasteiger charge is 2.06. The predicted octanol–water partition coefficient (Wildman–Crippen LogP) is 4.64. The van der Waals surface area contributed by atoms with Crippen molar-refractivity contribution >= 4 is 34.7 Å². The maximum Gasteiger partial charge on any atom is 0.331 e. The van der Waals surface area contributed by atoms with Crippen LogP contribution in [0.15, 0.2) is 52.5 Å². The summed E-state index contributed by atoms with van der Waals surface area (Å²) in [6.45, 7) is 0.169. The van der Waals surface area contributed by atoms with Crippen molar-refractivity contribution in [2.75, 3.05) is 7.11 Å². The second kappa shape index (κ2) is 7.90. The van der Waals surface area contributed by atoms with E-state index in [1.165, 1.54) is 6.08 Å². The second-order valence-corrected chi connectivity index (χ2v) is 6.51. The number of hydrogen-bond acceptors (Lipinski definition) is 6. The zero-order valence-corrected chi connectivity index (χ0v) is 14.6. The van der Waals surface area contributed by atoms with Crippen molar-refractivity contribution in [1.82, 2.24) is 4.98 Å². The van der Waals surface area contributed by atoms with Gasteiger partial charge < -0.3 is 9.47 Å². The van der Waals surface area contributed by atoms with E-state index in [1.807, 2.05) is 46.5 Å². The minimum absolute atomic E-state index is 0.169. The van der Waals surface area contributed by atoms with E-state index in [0.717, 1.165) is 27.6 Å². The molecular formula is C18H15NO3S2. The summed E-state index contributed by atoms with van der Waals surface area (Å²) in [4.78, 5) is 16.3. The number of aromatic nitrogens is 1. The van der Waals surface area contributed by atoms with Gasteiger partial charge in [0.25, 0.3) is 0 Å². The van der Waals surface area contributed by atoms with Crippen molar-refractivity contribution in [3.8, 4) is 16.3 Å². The summed E-state index contributed by atoms with van der Waals surface area (Å²) in [6.07, 6.45) is 3.10. The Morgan fingerprint density at radius 1 is 1.29 bits per heavy atom. The molecule has 2 heterocycles. The summed E-state index contributed by atoms with van der Waals surface area (Å²) in [7, 11) is 1.61. The molecule has 1 aromatic carbocycles. The molecule has 4 nitrogen and oxygen atoms in total. The number of methoxy groups -OCH3 is 1. The Hall–Kier alpha value is -2.44. The molecule has 2 aromatic heterocycles. The van der Waals surface area contributed by atoms with Crippen molar-refractivity contribution in [2.45, 2.75) is 6.61 Å². The lowest BCUT2D eigenvalue weighted by Gasteiger charge is -2.00. The molecule has 122 valence electrons. The molecule has 0 fully saturated rings. The van der Waals surface area contributed by atoms with Gasteiger partial charge in [-0.2, -0.15) is 11.3 Å². The lowest BCUT2D eigenvalue weighted by Crippen LogP contribution is -2.00. The van der Waals surface area contributed by atoms with Crippen molar-refractivity contribution in [1.29, 1.82) is 0 Å². The Morgan fingerprint density at radius 2 is 2.21 bits per heavy atom. The van der Waals surface area contributed by atoms with Crippen LogP contribution in [0.4, 0.5) is 0 Å². The highest BCUT2D eigenvalue weighted by molar-refractivity contribution is 7.14. The Labute approximate surface area is 148 Å². The number of rotatable bonds is 6. The van der Waals surface area contributed by atoms with Crippen LogP contribution in [0.5, 0.6) is 5.75 Å². The van der Waals surface area contributed by atoms with E-state index in [-0.39, 0.29) is 6.61 Å². The molecule has 0 radical (unpaired) electrons. The van der Waals surface area contributed by atoms with Gasteiger partial charge in [-0.3, -0.25) is 0 Å². The van der Waals surface area contributed by atoms with Gasteiger partial charge in [-0.05, 0) is 35.2 Å². The van der Waals surface area contributed by atoms with Crippen LogP contribution in [0.25, 0.3) is 16.6 Å². The number of carbonyl (C=O) groups is 1. The fraction of sp³-hybridized carbons (Fsp3) is 0.111. The molecule has 0 amide bonds. The monoisotopic (exact) mass is 357 g/mol. The van der Waals surface area contributed by atoms with E-state index in [9.17, 15) is 4.79 Å². The van der Waals surface area contributed by atoms with E-state index in [0.29, 0.717) is 0 Å². The first-order chi connectivity index (χ1) is 11.7. The maximum absolute atomic E-state index is 11.8. The van der Waals surface area contributed by atoms with Gasteiger partial charge in [0.2, 0.25) is 0 Å². The zero-order chi connectivity index (χ0) is 16.8. The topological polar surface area (TPSA) is 48.4 Å². The number of hydrogen-bond donors (Lipinski definition) is 0. The molecule has 3 rings (SSSR count). The fourth-order valence-corrected chi connectivity index (χ4v) is 3.51. The normalized spacial score (nSPS) is 10.9. The van der Waals surface area contributed by atoms with E-state index in [4.69, 9.17) is 9.47 Å². The van der Waals surface area contributed by atoms with Crippen LogP contribution >= 0.6 is 22.7 Å². The minimum atomic E-state index is -0.400. The van der Waals surface area contributed by atoms with Gasteiger partial charge in [-0.1, -0.05) is 12.1 Å². The van der Waals surface area contributed by atoms with Gasteiger partial charge in [0.1, 0.15) is 17.4 Å². The molecule has 0 N–H and O–H groups in total. The second-order valence-electron chi connectivity index (χ2n) is 4.87. The van der Waals surface area contributed by atoms with Crippen LogP contribution in [0.3, 0.4) is 0 Å². The van der Waals surface area contributed by atoms with Gasteiger partial charge in [0, 0.05) is 22.4 Å². The number of benzene rings is 1. The Kier molecular flexibility index (Phi) is 5.40. The van der Waals surface area contributed by atoms with Crippen molar-refractivity contribution in [3.05, 3.63) is 63.8 Å². The van der Waals surface area contributed by atoms with Crippen molar-refractivity contribution in [3.63, 3.8) is 0 Å². The Bertz CT molecular complexity index is 838. The number of carbonyl (C=O) groups excluding carboxylic acids is 1. The summed E-state index contributed by atoms with van der Waals surface area (Å²) in [5, 5.41) is 6.91. The zero-order valence-electron chi connectivity index (χ0n) is 13.0. The van der Waals surface area contributed by atoms with Crippen molar-refractivity contribution < 1.29 is 14.3 Å². The first-order valence-corrected chi connectivity index (χ1v) is 9.03. The quantitative estimate of drug-likeness (QED) is 0.476. The van der Waals surface area contributed by atoms with Gasteiger partial charge in [-0.15, -0.1) is 11.3 Å². The van der Waals surface area contributed by atoms with Crippen LogP contribution in [0, 0.1) is 0 Å². The SMILES string of the molecule is COc1cccc(/C=C/C(=O)OCc2csc(-c3ccsc3)n2)c1. The first kappa shape index (κ1) is 16.4. The molecule has 0 unspecified atom stereocenters. The third-order valence-electron chi connectivity index (χ3n) is 3.19. The van der Waals surface area contributed by atoms with Crippen molar-refractivity contribution in [2.24, 2.45) is 0 Å². The molecule has 0 aliphatic carbocycles. The van der Waals surface area contributed by atoms with Gasteiger partial charge in [0.05, 0.1) is 12.8 Å².